The first-order chi connectivity index (χ1) is 14.6. The number of hydrogen-bond acceptors (Lipinski definition) is 6. The molecule has 8 heteroatoms. The number of nitrogens with zero attached hydrogens (tertiary/aromatic N) is 4. The number of allylic oxidation sites excluding steroid dienone is 1. The molecule has 0 aliphatic heterocycles. The Hall–Kier alpha value is -4.07. The quantitative estimate of drug-likeness (QED) is 0.468. The Morgan fingerprint density at radius 3 is 2.93 bits per heavy atom. The van der Waals surface area contributed by atoms with Crippen molar-refractivity contribution in [3.8, 4) is 11.3 Å². The van der Waals surface area contributed by atoms with Gasteiger partial charge in [-0.15, -0.1) is 0 Å². The summed E-state index contributed by atoms with van der Waals surface area (Å²) in [6.07, 6.45) is 9.71. The fourth-order valence-corrected chi connectivity index (χ4v) is 3.24. The molecule has 4 rings (SSSR count). The first-order valence-electron chi connectivity index (χ1n) is 9.58. The van der Waals surface area contributed by atoms with Gasteiger partial charge in [0.25, 0.3) is 5.91 Å². The smallest absolute Gasteiger partial charge is 0.277 e. The van der Waals surface area contributed by atoms with Crippen molar-refractivity contribution < 1.29 is 4.79 Å². The van der Waals surface area contributed by atoms with Crippen molar-refractivity contribution in [2.45, 2.75) is 20.3 Å². The van der Waals surface area contributed by atoms with E-state index in [1.54, 1.807) is 30.7 Å². The highest BCUT2D eigenvalue weighted by atomic mass is 16.2. The standard InChI is InChI=1S/C22H21N7O/c1-3-5-15-10-19(29-28-15)22(30)27-20-9-14-8-18(26-21(23)17(14)12-25-20)16-11-24-7-6-13(16)4-2/h3,5-12H,4H2,1-2H3,(H2,23,26)(H,28,29)(H,25,27,30)/b5-3+. The van der Waals surface area contributed by atoms with Crippen LogP contribution >= 0.6 is 0 Å². The van der Waals surface area contributed by atoms with Crippen LogP contribution in [0.4, 0.5) is 11.6 Å². The van der Waals surface area contributed by atoms with Crippen LogP contribution in [0.15, 0.2) is 48.9 Å². The van der Waals surface area contributed by atoms with E-state index < -0.39 is 0 Å². The van der Waals surface area contributed by atoms with Gasteiger partial charge >= 0.3 is 0 Å². The van der Waals surface area contributed by atoms with E-state index in [-0.39, 0.29) is 11.6 Å². The third-order valence-corrected chi connectivity index (χ3v) is 4.73. The van der Waals surface area contributed by atoms with Crippen LogP contribution in [0, 0.1) is 0 Å². The fourth-order valence-electron chi connectivity index (χ4n) is 3.24. The summed E-state index contributed by atoms with van der Waals surface area (Å²) in [4.78, 5) is 25.5. The van der Waals surface area contributed by atoms with E-state index in [1.807, 2.05) is 31.2 Å². The summed E-state index contributed by atoms with van der Waals surface area (Å²) in [7, 11) is 0. The Bertz CT molecular complexity index is 1260. The highest BCUT2D eigenvalue weighted by molar-refractivity contribution is 6.04. The average Bonchev–Trinajstić information content (AvgIpc) is 3.22. The van der Waals surface area contributed by atoms with E-state index in [0.717, 1.165) is 34.3 Å². The van der Waals surface area contributed by atoms with Crippen LogP contribution in [0.1, 0.15) is 35.6 Å². The first kappa shape index (κ1) is 19.3. The topological polar surface area (TPSA) is 122 Å². The van der Waals surface area contributed by atoms with Gasteiger partial charge in [0, 0.05) is 29.5 Å². The normalized spacial score (nSPS) is 11.3. The molecule has 0 radical (unpaired) electrons. The molecule has 4 N–H and O–H groups in total. The molecule has 1 amide bonds. The van der Waals surface area contributed by atoms with Crippen molar-refractivity contribution in [1.82, 2.24) is 25.1 Å². The number of nitrogens with two attached hydrogens (primary N) is 1. The fraction of sp³-hybridized carbons (Fsp3) is 0.136. The molecule has 0 aromatic carbocycles. The number of H-pyrrole nitrogens is 1. The molecule has 8 nitrogen and oxygen atoms in total. The summed E-state index contributed by atoms with van der Waals surface area (Å²) in [5.74, 6) is 0.431. The van der Waals surface area contributed by atoms with Crippen LogP contribution in [0.2, 0.25) is 0 Å². The van der Waals surface area contributed by atoms with Crippen LogP contribution in [0.25, 0.3) is 28.1 Å². The zero-order valence-electron chi connectivity index (χ0n) is 16.7. The molecule has 0 bridgehead atoms. The van der Waals surface area contributed by atoms with Gasteiger partial charge in [0.2, 0.25) is 0 Å². The first-order valence-corrected chi connectivity index (χ1v) is 9.58. The van der Waals surface area contributed by atoms with Gasteiger partial charge in [-0.1, -0.05) is 13.0 Å². The number of amides is 1. The van der Waals surface area contributed by atoms with Gasteiger partial charge in [0.15, 0.2) is 5.69 Å². The summed E-state index contributed by atoms with van der Waals surface area (Å²) in [6.45, 7) is 3.97. The van der Waals surface area contributed by atoms with Crippen LogP contribution in [-0.2, 0) is 6.42 Å². The van der Waals surface area contributed by atoms with Gasteiger partial charge in [0.1, 0.15) is 11.6 Å². The number of rotatable bonds is 5. The summed E-state index contributed by atoms with van der Waals surface area (Å²) in [6, 6.07) is 7.35. The number of carbonyl (C=O) groups is 1. The molecule has 0 saturated carbocycles. The molecule has 0 fully saturated rings. The van der Waals surface area contributed by atoms with Crippen LogP contribution in [0.5, 0.6) is 0 Å². The number of carbonyl (C=O) groups excluding carboxylic acids is 1. The monoisotopic (exact) mass is 399 g/mol. The molecular formula is C22H21N7O. The third kappa shape index (κ3) is 3.75. The largest absolute Gasteiger partial charge is 0.383 e. The van der Waals surface area contributed by atoms with E-state index in [9.17, 15) is 4.79 Å². The lowest BCUT2D eigenvalue weighted by molar-refractivity contribution is 0.102. The third-order valence-electron chi connectivity index (χ3n) is 4.73. The Morgan fingerprint density at radius 2 is 2.13 bits per heavy atom. The van der Waals surface area contributed by atoms with Gasteiger partial charge in [-0.05, 0) is 54.6 Å². The van der Waals surface area contributed by atoms with Crippen molar-refractivity contribution >= 4 is 34.4 Å². The minimum absolute atomic E-state index is 0.280. The molecule has 0 unspecified atom stereocenters. The highest BCUT2D eigenvalue weighted by Gasteiger charge is 2.13. The van der Waals surface area contributed by atoms with Crippen molar-refractivity contribution in [2.24, 2.45) is 0 Å². The van der Waals surface area contributed by atoms with E-state index in [1.165, 1.54) is 0 Å². The maximum atomic E-state index is 12.5. The molecular weight excluding hydrogens is 378 g/mol. The van der Waals surface area contributed by atoms with Crippen LogP contribution in [0.3, 0.4) is 0 Å². The Morgan fingerprint density at radius 1 is 1.27 bits per heavy atom. The molecule has 4 heterocycles. The number of aromatic amines is 1. The summed E-state index contributed by atoms with van der Waals surface area (Å²) in [5.41, 5.74) is 10.0. The molecule has 4 aromatic heterocycles. The molecule has 0 spiro atoms. The number of pyridine rings is 3. The maximum Gasteiger partial charge on any atom is 0.277 e. The van der Waals surface area contributed by atoms with E-state index >= 15 is 0 Å². The lowest BCUT2D eigenvalue weighted by Crippen LogP contribution is -2.13. The van der Waals surface area contributed by atoms with E-state index in [2.05, 4.69) is 37.4 Å². The van der Waals surface area contributed by atoms with Crippen LogP contribution < -0.4 is 11.1 Å². The zero-order valence-corrected chi connectivity index (χ0v) is 16.7. The van der Waals surface area contributed by atoms with Crippen LogP contribution in [-0.4, -0.2) is 31.1 Å². The second-order valence-corrected chi connectivity index (χ2v) is 6.73. The number of aromatic nitrogens is 5. The number of hydrogen-bond donors (Lipinski definition) is 3. The minimum atomic E-state index is -0.350. The summed E-state index contributed by atoms with van der Waals surface area (Å²) >= 11 is 0. The molecule has 30 heavy (non-hydrogen) atoms. The lowest BCUT2D eigenvalue weighted by Gasteiger charge is -2.10. The van der Waals surface area contributed by atoms with E-state index in [0.29, 0.717) is 17.0 Å². The van der Waals surface area contributed by atoms with Crippen molar-refractivity contribution in [1.29, 1.82) is 0 Å². The molecule has 0 saturated heterocycles. The summed E-state index contributed by atoms with van der Waals surface area (Å²) in [5, 5.41) is 11.1. The molecule has 4 aromatic rings. The summed E-state index contributed by atoms with van der Waals surface area (Å²) < 4.78 is 0. The van der Waals surface area contributed by atoms with Crippen molar-refractivity contribution in [3.05, 3.63) is 65.9 Å². The van der Waals surface area contributed by atoms with Gasteiger partial charge in [-0.3, -0.25) is 14.9 Å². The number of anilines is 2. The molecule has 0 aliphatic carbocycles. The molecule has 0 atom stereocenters. The number of aryl methyl sites for hydroxylation is 1. The van der Waals surface area contributed by atoms with Gasteiger partial charge in [0.05, 0.1) is 11.4 Å². The Kier molecular flexibility index (Phi) is 5.21. The SMILES string of the molecule is C/C=C/c1cc(C(=O)Nc2cc3cc(-c4cnccc4CC)nc(N)c3cn2)n[nH]1. The predicted molar refractivity (Wildman–Crippen MR) is 118 cm³/mol. The zero-order chi connectivity index (χ0) is 21.1. The number of nitrogen functional groups attached to an aromatic ring is 1. The second kappa shape index (κ2) is 8.12. The Balaban J connectivity index is 1.68. The molecule has 0 aliphatic rings. The van der Waals surface area contributed by atoms with Gasteiger partial charge in [-0.2, -0.15) is 5.10 Å². The van der Waals surface area contributed by atoms with Crippen molar-refractivity contribution in [2.75, 3.05) is 11.1 Å². The van der Waals surface area contributed by atoms with Gasteiger partial charge in [-0.25, -0.2) is 9.97 Å². The minimum Gasteiger partial charge on any atom is -0.383 e. The number of nitrogens with one attached hydrogen (secondary N) is 2. The highest BCUT2D eigenvalue weighted by Crippen LogP contribution is 2.29. The maximum absolute atomic E-state index is 12.5. The average molecular weight is 399 g/mol. The van der Waals surface area contributed by atoms with Gasteiger partial charge < -0.3 is 11.1 Å². The lowest BCUT2D eigenvalue weighted by atomic mass is 10.0. The molecule has 150 valence electrons. The van der Waals surface area contributed by atoms with E-state index in [4.69, 9.17) is 5.73 Å². The predicted octanol–water partition coefficient (Wildman–Crippen LogP) is 3.84. The van der Waals surface area contributed by atoms with Crippen molar-refractivity contribution in [3.63, 3.8) is 0 Å². The number of fused-ring (bicyclic) bond motifs is 1. The second-order valence-electron chi connectivity index (χ2n) is 6.73. The Labute approximate surface area is 173 Å².